The van der Waals surface area contributed by atoms with Crippen LogP contribution in [-0.4, -0.2) is 25.1 Å². The third-order valence-electron chi connectivity index (χ3n) is 4.09. The number of ether oxygens (including phenoxy) is 1. The summed E-state index contributed by atoms with van der Waals surface area (Å²) in [6.45, 7) is -0.0608. The first-order valence-corrected chi connectivity index (χ1v) is 8.60. The first kappa shape index (κ1) is 16.5. The van der Waals surface area contributed by atoms with E-state index in [0.29, 0.717) is 28.1 Å². The van der Waals surface area contributed by atoms with Crippen LogP contribution in [0.5, 0.6) is 0 Å². The monoisotopic (exact) mass is 412 g/mol. The number of carbonyl (C=O) groups excluding carboxylic acids is 1. The topological polar surface area (TPSA) is 78.5 Å². The van der Waals surface area contributed by atoms with E-state index in [0.717, 1.165) is 4.47 Å². The lowest BCUT2D eigenvalue weighted by atomic mass is 10.2. The molecule has 0 N–H and O–H groups in total. The second kappa shape index (κ2) is 6.38. The zero-order chi connectivity index (χ0) is 18.3. The number of benzene rings is 2. The molecule has 0 atom stereocenters. The summed E-state index contributed by atoms with van der Waals surface area (Å²) in [6.07, 6.45) is 0. The van der Waals surface area contributed by atoms with Gasteiger partial charge in [-0.1, -0.05) is 34.1 Å². The molecule has 4 aromatic rings. The second-order valence-electron chi connectivity index (χ2n) is 5.72. The number of nitrogens with zero attached hydrogens (tertiary/aromatic N) is 4. The number of esters is 1. The number of aromatic nitrogens is 4. The maximum absolute atomic E-state index is 12.4. The SMILES string of the molecule is Cn1c(=O)c2ccccc2n2c(COC(=O)c3cccc(Br)c3)nnc12. The Morgan fingerprint density at radius 1 is 1.15 bits per heavy atom. The van der Waals surface area contributed by atoms with Crippen molar-refractivity contribution >= 4 is 38.6 Å². The van der Waals surface area contributed by atoms with Crippen molar-refractivity contribution in [2.75, 3.05) is 0 Å². The second-order valence-corrected chi connectivity index (χ2v) is 6.64. The minimum Gasteiger partial charge on any atom is -0.454 e. The molecule has 8 heteroatoms. The number of hydrogen-bond donors (Lipinski definition) is 0. The largest absolute Gasteiger partial charge is 0.454 e. The standard InChI is InChI=1S/C18H13BrN4O3/c1-22-16(24)13-7-2-3-8-14(13)23-15(20-21-18(22)23)10-26-17(25)11-5-4-6-12(19)9-11/h2-9H,10H2,1H3. The Hall–Kier alpha value is -3.00. The van der Waals surface area contributed by atoms with Gasteiger partial charge >= 0.3 is 5.97 Å². The lowest BCUT2D eigenvalue weighted by Gasteiger charge is -2.08. The third-order valence-corrected chi connectivity index (χ3v) is 4.58. The third kappa shape index (κ3) is 2.68. The molecule has 0 saturated heterocycles. The van der Waals surface area contributed by atoms with Gasteiger partial charge in [0, 0.05) is 11.5 Å². The number of para-hydroxylation sites is 1. The molecule has 0 fully saturated rings. The number of aryl methyl sites for hydroxylation is 1. The van der Waals surface area contributed by atoms with Gasteiger partial charge in [-0.05, 0) is 30.3 Å². The van der Waals surface area contributed by atoms with Crippen LogP contribution >= 0.6 is 15.9 Å². The first-order chi connectivity index (χ1) is 12.6. The molecule has 0 radical (unpaired) electrons. The van der Waals surface area contributed by atoms with Gasteiger partial charge in [-0.2, -0.15) is 0 Å². The average molecular weight is 413 g/mol. The molecule has 7 nitrogen and oxygen atoms in total. The van der Waals surface area contributed by atoms with Crippen molar-refractivity contribution in [3.8, 4) is 0 Å². The molecule has 0 amide bonds. The maximum Gasteiger partial charge on any atom is 0.338 e. The Morgan fingerprint density at radius 3 is 2.77 bits per heavy atom. The summed E-state index contributed by atoms with van der Waals surface area (Å²) < 4.78 is 9.33. The fourth-order valence-electron chi connectivity index (χ4n) is 2.81. The van der Waals surface area contributed by atoms with E-state index in [9.17, 15) is 9.59 Å². The molecule has 2 heterocycles. The molecule has 0 aliphatic rings. The summed E-state index contributed by atoms with van der Waals surface area (Å²) in [5, 5.41) is 8.71. The van der Waals surface area contributed by atoms with Crippen LogP contribution in [0.1, 0.15) is 16.2 Å². The van der Waals surface area contributed by atoms with Crippen molar-refractivity contribution in [2.24, 2.45) is 7.05 Å². The Labute approximate surface area is 156 Å². The molecule has 0 bridgehead atoms. The quantitative estimate of drug-likeness (QED) is 0.483. The summed E-state index contributed by atoms with van der Waals surface area (Å²) in [5.74, 6) is 0.370. The Bertz CT molecular complexity index is 1210. The van der Waals surface area contributed by atoms with E-state index >= 15 is 0 Å². The highest BCUT2D eigenvalue weighted by atomic mass is 79.9. The van der Waals surface area contributed by atoms with Crippen LogP contribution in [0.2, 0.25) is 0 Å². The minimum absolute atomic E-state index is 0.0608. The van der Waals surface area contributed by atoms with Gasteiger partial charge in [0.2, 0.25) is 5.78 Å². The zero-order valence-electron chi connectivity index (χ0n) is 13.7. The van der Waals surface area contributed by atoms with Gasteiger partial charge in [0.15, 0.2) is 12.4 Å². The molecule has 0 saturated carbocycles. The molecule has 26 heavy (non-hydrogen) atoms. The summed E-state index contributed by atoms with van der Waals surface area (Å²) >= 11 is 3.33. The van der Waals surface area contributed by atoms with Gasteiger partial charge in [0.05, 0.1) is 16.5 Å². The Morgan fingerprint density at radius 2 is 1.96 bits per heavy atom. The normalized spacial score (nSPS) is 11.2. The van der Waals surface area contributed by atoms with Crippen LogP contribution in [0.25, 0.3) is 16.7 Å². The predicted molar refractivity (Wildman–Crippen MR) is 99.0 cm³/mol. The molecule has 130 valence electrons. The fraction of sp³-hybridized carbons (Fsp3) is 0.111. The number of halogens is 1. The van der Waals surface area contributed by atoms with Gasteiger partial charge in [-0.25, -0.2) is 4.79 Å². The van der Waals surface area contributed by atoms with Crippen molar-refractivity contribution in [3.63, 3.8) is 0 Å². The van der Waals surface area contributed by atoms with E-state index < -0.39 is 5.97 Å². The number of rotatable bonds is 3. The lowest BCUT2D eigenvalue weighted by molar-refractivity contribution is 0.0461. The zero-order valence-corrected chi connectivity index (χ0v) is 15.3. The first-order valence-electron chi connectivity index (χ1n) is 7.80. The molecule has 0 aliphatic heterocycles. The highest BCUT2D eigenvalue weighted by Gasteiger charge is 2.16. The van der Waals surface area contributed by atoms with Gasteiger partial charge in [0.25, 0.3) is 5.56 Å². The molecule has 0 aliphatic carbocycles. The summed E-state index contributed by atoms with van der Waals surface area (Å²) in [6, 6.07) is 14.1. The maximum atomic E-state index is 12.4. The van der Waals surface area contributed by atoms with Crippen molar-refractivity contribution in [1.82, 2.24) is 19.2 Å². The van der Waals surface area contributed by atoms with Gasteiger partial charge < -0.3 is 4.74 Å². The molecule has 4 rings (SSSR count). The van der Waals surface area contributed by atoms with E-state index in [-0.39, 0.29) is 12.2 Å². The van der Waals surface area contributed by atoms with E-state index in [1.54, 1.807) is 41.8 Å². The van der Waals surface area contributed by atoms with Crippen molar-refractivity contribution < 1.29 is 9.53 Å². The minimum atomic E-state index is -0.461. The molecule has 2 aromatic carbocycles. The van der Waals surface area contributed by atoms with E-state index in [1.165, 1.54) is 4.57 Å². The lowest BCUT2D eigenvalue weighted by Crippen LogP contribution is -2.20. The molecule has 2 aromatic heterocycles. The summed E-state index contributed by atoms with van der Waals surface area (Å²) in [4.78, 5) is 24.7. The van der Waals surface area contributed by atoms with Gasteiger partial charge in [-0.15, -0.1) is 10.2 Å². The summed E-state index contributed by atoms with van der Waals surface area (Å²) in [7, 11) is 1.63. The fourth-order valence-corrected chi connectivity index (χ4v) is 3.21. The van der Waals surface area contributed by atoms with Crippen LogP contribution in [0.4, 0.5) is 0 Å². The Balaban J connectivity index is 1.74. The molecular formula is C18H13BrN4O3. The number of fused-ring (bicyclic) bond motifs is 3. The van der Waals surface area contributed by atoms with Crippen LogP contribution in [0.15, 0.2) is 57.8 Å². The summed E-state index contributed by atoms with van der Waals surface area (Å²) in [5.41, 5.74) is 0.952. The highest BCUT2D eigenvalue weighted by molar-refractivity contribution is 9.10. The van der Waals surface area contributed by atoms with Crippen LogP contribution in [0, 0.1) is 0 Å². The van der Waals surface area contributed by atoms with E-state index in [4.69, 9.17) is 4.74 Å². The van der Waals surface area contributed by atoms with Crippen molar-refractivity contribution in [3.05, 3.63) is 74.7 Å². The Kier molecular flexibility index (Phi) is 4.04. The molecule has 0 unspecified atom stereocenters. The van der Waals surface area contributed by atoms with Crippen molar-refractivity contribution in [1.29, 1.82) is 0 Å². The predicted octanol–water partition coefficient (Wildman–Crippen LogP) is 2.70. The molecule has 0 spiro atoms. The smallest absolute Gasteiger partial charge is 0.338 e. The van der Waals surface area contributed by atoms with Crippen LogP contribution in [-0.2, 0) is 18.4 Å². The van der Waals surface area contributed by atoms with Crippen LogP contribution in [0.3, 0.4) is 0 Å². The van der Waals surface area contributed by atoms with Gasteiger partial charge in [-0.3, -0.25) is 13.8 Å². The molecular weight excluding hydrogens is 400 g/mol. The average Bonchev–Trinajstić information content (AvgIpc) is 3.08. The van der Waals surface area contributed by atoms with E-state index in [1.807, 2.05) is 18.2 Å². The number of hydrogen-bond acceptors (Lipinski definition) is 5. The van der Waals surface area contributed by atoms with Crippen LogP contribution < -0.4 is 5.56 Å². The van der Waals surface area contributed by atoms with E-state index in [2.05, 4.69) is 26.1 Å². The highest BCUT2D eigenvalue weighted by Crippen LogP contribution is 2.16. The van der Waals surface area contributed by atoms with Crippen molar-refractivity contribution in [2.45, 2.75) is 6.61 Å². The number of carbonyl (C=O) groups is 1. The van der Waals surface area contributed by atoms with Gasteiger partial charge in [0.1, 0.15) is 0 Å².